The van der Waals surface area contributed by atoms with Crippen molar-refractivity contribution in [1.29, 1.82) is 0 Å². The second-order valence-electron chi connectivity index (χ2n) is 9.65. The Morgan fingerprint density at radius 1 is 1.28 bits per heavy atom. The van der Waals surface area contributed by atoms with Crippen molar-refractivity contribution in [2.75, 3.05) is 24.5 Å². The van der Waals surface area contributed by atoms with Crippen molar-refractivity contribution in [2.24, 2.45) is 5.92 Å². The lowest BCUT2D eigenvalue weighted by atomic mass is 9.93. The van der Waals surface area contributed by atoms with Gasteiger partial charge < -0.3 is 15.3 Å². The second kappa shape index (κ2) is 11.6. The average molecular weight is 573 g/mol. The largest absolute Gasteiger partial charge is 0.481 e. The normalized spacial score (nSPS) is 16.7. The van der Waals surface area contributed by atoms with Crippen LogP contribution in [-0.2, 0) is 4.79 Å². The molecule has 2 heterocycles. The van der Waals surface area contributed by atoms with Gasteiger partial charge in [-0.05, 0) is 61.9 Å². The van der Waals surface area contributed by atoms with Gasteiger partial charge in [-0.1, -0.05) is 52.7 Å². The zero-order valence-electron chi connectivity index (χ0n) is 20.6. The first-order valence-corrected chi connectivity index (χ1v) is 13.5. The van der Waals surface area contributed by atoms with Crippen molar-refractivity contribution in [3.63, 3.8) is 0 Å². The number of carboxylic acids is 1. The molecule has 1 saturated heterocycles. The first-order valence-electron chi connectivity index (χ1n) is 12.3. The highest BCUT2D eigenvalue weighted by atomic mass is 79.9. The minimum Gasteiger partial charge on any atom is -0.481 e. The third kappa shape index (κ3) is 6.01. The number of aliphatic carboxylic acids is 1. The summed E-state index contributed by atoms with van der Waals surface area (Å²) in [6.07, 6.45) is 2.67. The summed E-state index contributed by atoms with van der Waals surface area (Å²) in [5.74, 6) is 0.135. The minimum absolute atomic E-state index is 0.00673. The Labute approximate surface area is 225 Å². The fourth-order valence-electron chi connectivity index (χ4n) is 5.08. The molecular weight excluding hydrogens is 542 g/mol. The number of carboxylic acid groups (broad SMARTS) is 1. The maximum Gasteiger partial charge on any atom is 0.303 e. The van der Waals surface area contributed by atoms with Crippen LogP contribution in [0, 0.1) is 12.8 Å². The third-order valence-corrected chi connectivity index (χ3v) is 7.75. The third-order valence-electron chi connectivity index (χ3n) is 6.91. The summed E-state index contributed by atoms with van der Waals surface area (Å²) in [5, 5.41) is 13.7. The molecule has 190 valence electrons. The highest BCUT2D eigenvalue weighted by Crippen LogP contribution is 2.33. The van der Waals surface area contributed by atoms with E-state index in [9.17, 15) is 14.7 Å². The molecule has 6 nitrogen and oxygen atoms in total. The van der Waals surface area contributed by atoms with E-state index in [1.54, 1.807) is 6.07 Å². The van der Waals surface area contributed by atoms with Crippen molar-refractivity contribution in [2.45, 2.75) is 45.4 Å². The fraction of sp³-hybridized carbons (Fsp3) is 0.393. The van der Waals surface area contributed by atoms with Crippen LogP contribution < -0.4 is 10.2 Å². The SMILES string of the molecule is Cc1c(N2CCC[C@@H](C)C2)nc2ccc(Br)cc2c1C(=O)NC[C@@H](CCC(=O)O)c1ccccc1Cl. The van der Waals surface area contributed by atoms with Gasteiger partial charge in [0, 0.05) is 52.4 Å². The Bertz CT molecular complexity index is 1280. The Hall–Kier alpha value is -2.64. The van der Waals surface area contributed by atoms with Crippen molar-refractivity contribution in [3.05, 3.63) is 68.7 Å². The van der Waals surface area contributed by atoms with E-state index in [0.717, 1.165) is 51.8 Å². The number of carbonyl (C=O) groups excluding carboxylic acids is 1. The van der Waals surface area contributed by atoms with Gasteiger partial charge in [0.1, 0.15) is 5.82 Å². The summed E-state index contributed by atoms with van der Waals surface area (Å²) in [4.78, 5) is 32.3. The van der Waals surface area contributed by atoms with Gasteiger partial charge in [-0.3, -0.25) is 9.59 Å². The number of amides is 1. The molecule has 0 aliphatic carbocycles. The number of pyridine rings is 1. The lowest BCUT2D eigenvalue weighted by molar-refractivity contribution is -0.137. The molecule has 36 heavy (non-hydrogen) atoms. The van der Waals surface area contributed by atoms with Gasteiger partial charge in [0.2, 0.25) is 0 Å². The number of fused-ring (bicyclic) bond motifs is 1. The minimum atomic E-state index is -0.875. The molecule has 1 aromatic heterocycles. The molecule has 8 heteroatoms. The van der Waals surface area contributed by atoms with Crippen molar-refractivity contribution in [1.82, 2.24) is 10.3 Å². The smallest absolute Gasteiger partial charge is 0.303 e. The molecule has 2 aromatic carbocycles. The maximum absolute atomic E-state index is 13.7. The van der Waals surface area contributed by atoms with Crippen LogP contribution in [-0.4, -0.2) is 41.6 Å². The monoisotopic (exact) mass is 571 g/mol. The topological polar surface area (TPSA) is 82.5 Å². The van der Waals surface area contributed by atoms with Gasteiger partial charge in [-0.15, -0.1) is 0 Å². The zero-order valence-corrected chi connectivity index (χ0v) is 22.9. The van der Waals surface area contributed by atoms with Crippen molar-refractivity contribution >= 4 is 56.1 Å². The van der Waals surface area contributed by atoms with Gasteiger partial charge in [-0.25, -0.2) is 4.98 Å². The van der Waals surface area contributed by atoms with Crippen molar-refractivity contribution < 1.29 is 14.7 Å². The Kier molecular flexibility index (Phi) is 8.52. The lowest BCUT2D eigenvalue weighted by Crippen LogP contribution is -2.36. The second-order valence-corrected chi connectivity index (χ2v) is 11.0. The van der Waals surface area contributed by atoms with E-state index in [4.69, 9.17) is 16.6 Å². The molecule has 1 fully saturated rings. The first-order chi connectivity index (χ1) is 17.2. The summed E-state index contributed by atoms with van der Waals surface area (Å²) in [6, 6.07) is 13.2. The number of nitrogens with one attached hydrogen (secondary N) is 1. The van der Waals surface area contributed by atoms with Crippen LogP contribution in [0.15, 0.2) is 46.9 Å². The maximum atomic E-state index is 13.7. The zero-order chi connectivity index (χ0) is 25.8. The van der Waals surface area contributed by atoms with Crippen molar-refractivity contribution in [3.8, 4) is 0 Å². The summed E-state index contributed by atoms with van der Waals surface area (Å²) in [6.45, 7) is 6.33. The van der Waals surface area contributed by atoms with Crippen LogP contribution in [0.5, 0.6) is 0 Å². The van der Waals surface area contributed by atoms with Gasteiger partial charge in [0.05, 0.1) is 11.1 Å². The highest BCUT2D eigenvalue weighted by molar-refractivity contribution is 9.10. The summed E-state index contributed by atoms with van der Waals surface area (Å²) < 4.78 is 0.875. The van der Waals surface area contributed by atoms with E-state index in [1.807, 2.05) is 43.3 Å². The molecule has 0 spiro atoms. The molecule has 0 saturated carbocycles. The van der Waals surface area contributed by atoms with E-state index in [0.29, 0.717) is 22.9 Å². The van der Waals surface area contributed by atoms with E-state index < -0.39 is 5.97 Å². The molecule has 0 bridgehead atoms. The number of benzene rings is 2. The van der Waals surface area contributed by atoms with Gasteiger partial charge in [0.15, 0.2) is 0 Å². The number of hydrogen-bond acceptors (Lipinski definition) is 4. The molecule has 1 amide bonds. The molecule has 0 radical (unpaired) electrons. The van der Waals surface area contributed by atoms with Crippen LogP contribution in [0.3, 0.4) is 0 Å². The predicted octanol–water partition coefficient (Wildman–Crippen LogP) is 6.57. The fourth-order valence-corrected chi connectivity index (χ4v) is 5.73. The van der Waals surface area contributed by atoms with E-state index in [2.05, 4.69) is 33.1 Å². The number of halogens is 2. The summed E-state index contributed by atoms with van der Waals surface area (Å²) >= 11 is 9.96. The Balaban J connectivity index is 1.68. The Morgan fingerprint density at radius 3 is 2.78 bits per heavy atom. The lowest BCUT2D eigenvalue weighted by Gasteiger charge is -2.33. The van der Waals surface area contributed by atoms with Crippen LogP contribution >= 0.6 is 27.5 Å². The number of rotatable bonds is 8. The van der Waals surface area contributed by atoms with Crippen LogP contribution in [0.2, 0.25) is 5.02 Å². The van der Waals surface area contributed by atoms with E-state index in [1.165, 1.54) is 6.42 Å². The van der Waals surface area contributed by atoms with Crippen LogP contribution in [0.1, 0.15) is 60.0 Å². The molecule has 1 aliphatic rings. The number of anilines is 1. The standard InChI is InChI=1S/C28H31BrClN3O3/c1-17-6-5-13-33(16-17)27-18(2)26(22-14-20(29)10-11-24(22)32-27)28(36)31-15-19(9-12-25(34)35)21-7-3-4-8-23(21)30/h3-4,7-8,10-11,14,17,19H,5-6,9,12-13,15-16H2,1-2H3,(H,31,36)(H,34,35)/t17-,19-/m1/s1. The average Bonchev–Trinajstić information content (AvgIpc) is 2.84. The van der Waals surface area contributed by atoms with Gasteiger partial charge in [0.25, 0.3) is 5.91 Å². The molecular formula is C28H31BrClN3O3. The predicted molar refractivity (Wildman–Crippen MR) is 148 cm³/mol. The quantitative estimate of drug-likeness (QED) is 0.319. The molecule has 4 rings (SSSR count). The molecule has 3 aromatic rings. The molecule has 1 aliphatic heterocycles. The van der Waals surface area contributed by atoms with Crippen LogP contribution in [0.25, 0.3) is 10.9 Å². The summed E-state index contributed by atoms with van der Waals surface area (Å²) in [7, 11) is 0. The molecule has 2 atom stereocenters. The molecule has 0 unspecified atom stereocenters. The van der Waals surface area contributed by atoms with E-state index in [-0.39, 0.29) is 24.8 Å². The number of piperidine rings is 1. The number of nitrogens with zero attached hydrogens (tertiary/aromatic N) is 2. The number of aromatic nitrogens is 1. The van der Waals surface area contributed by atoms with Crippen LogP contribution in [0.4, 0.5) is 5.82 Å². The number of carbonyl (C=O) groups is 2. The number of hydrogen-bond donors (Lipinski definition) is 2. The summed E-state index contributed by atoms with van der Waals surface area (Å²) in [5.41, 5.74) is 3.07. The van der Waals surface area contributed by atoms with Gasteiger partial charge >= 0.3 is 5.97 Å². The Morgan fingerprint density at radius 2 is 2.06 bits per heavy atom. The van der Waals surface area contributed by atoms with Gasteiger partial charge in [-0.2, -0.15) is 0 Å². The highest BCUT2D eigenvalue weighted by Gasteiger charge is 2.25. The first kappa shape index (κ1) is 26.4. The van der Waals surface area contributed by atoms with E-state index >= 15 is 0 Å². The molecule has 2 N–H and O–H groups in total.